The van der Waals surface area contributed by atoms with E-state index in [0.717, 1.165) is 17.7 Å². The topological polar surface area (TPSA) is 49.3 Å². The zero-order valence-corrected chi connectivity index (χ0v) is 10.1. The highest BCUT2D eigenvalue weighted by Gasteiger charge is 2.31. The monoisotopic (exact) mass is 273 g/mol. The Morgan fingerprint density at radius 3 is 2.47 bits per heavy atom. The average Bonchev–Trinajstić information content (AvgIpc) is 2.75. The van der Waals surface area contributed by atoms with E-state index in [9.17, 15) is 18.0 Å². The predicted octanol–water partition coefficient (Wildman–Crippen LogP) is 2.83. The van der Waals surface area contributed by atoms with E-state index in [2.05, 4.69) is 5.32 Å². The average molecular weight is 273 g/mol. The van der Waals surface area contributed by atoms with Gasteiger partial charge in [0.2, 0.25) is 0 Å². The van der Waals surface area contributed by atoms with E-state index in [1.807, 2.05) is 0 Å². The Balaban J connectivity index is 2.02. The van der Waals surface area contributed by atoms with E-state index in [-0.39, 0.29) is 18.4 Å². The van der Waals surface area contributed by atoms with E-state index < -0.39 is 17.7 Å². The molecule has 2 rings (SSSR count). The molecule has 0 saturated carbocycles. The smallest absolute Gasteiger partial charge is 0.416 e. The Morgan fingerprint density at radius 2 is 1.95 bits per heavy atom. The Bertz CT molecular complexity index is 456. The number of aliphatic carboxylic acids is 1. The van der Waals surface area contributed by atoms with Crippen molar-refractivity contribution in [2.45, 2.75) is 25.1 Å². The fraction of sp³-hybridized carbons (Fsp3) is 0.462. The van der Waals surface area contributed by atoms with Crippen LogP contribution in [0.15, 0.2) is 24.3 Å². The number of carboxylic acid groups (broad SMARTS) is 1. The Kier molecular flexibility index (Phi) is 3.80. The lowest BCUT2D eigenvalue weighted by Gasteiger charge is -2.12. The van der Waals surface area contributed by atoms with E-state index in [1.54, 1.807) is 0 Å². The number of nitrogens with one attached hydrogen (secondary N) is 1. The molecule has 3 nitrogen and oxygen atoms in total. The molecule has 0 aliphatic carbocycles. The summed E-state index contributed by atoms with van der Waals surface area (Å²) < 4.78 is 37.3. The van der Waals surface area contributed by atoms with Crippen LogP contribution in [0.4, 0.5) is 13.2 Å². The van der Waals surface area contributed by atoms with Gasteiger partial charge in [0.05, 0.1) is 5.56 Å². The van der Waals surface area contributed by atoms with Crippen LogP contribution in [0.3, 0.4) is 0 Å². The van der Waals surface area contributed by atoms with Gasteiger partial charge in [-0.25, -0.2) is 0 Å². The van der Waals surface area contributed by atoms with Gasteiger partial charge in [0.25, 0.3) is 0 Å². The fourth-order valence-electron chi connectivity index (χ4n) is 2.37. The molecule has 1 aromatic carbocycles. The van der Waals surface area contributed by atoms with Crippen LogP contribution in [-0.4, -0.2) is 17.6 Å². The fourth-order valence-corrected chi connectivity index (χ4v) is 2.37. The molecule has 1 aromatic rings. The molecule has 0 unspecified atom stereocenters. The molecular formula is C13H14F3NO2. The van der Waals surface area contributed by atoms with Gasteiger partial charge in [-0.1, -0.05) is 12.1 Å². The molecule has 1 aliphatic rings. The molecule has 2 N–H and O–H groups in total. The second-order valence-corrected chi connectivity index (χ2v) is 4.78. The number of hydrogen-bond donors (Lipinski definition) is 2. The van der Waals surface area contributed by atoms with Gasteiger partial charge in [-0.2, -0.15) is 13.2 Å². The minimum Gasteiger partial charge on any atom is -0.481 e. The Labute approximate surface area is 108 Å². The van der Waals surface area contributed by atoms with Gasteiger partial charge in [0.15, 0.2) is 0 Å². The van der Waals surface area contributed by atoms with E-state index >= 15 is 0 Å². The summed E-state index contributed by atoms with van der Waals surface area (Å²) in [6.45, 7) is 0.581. The molecule has 0 bridgehead atoms. The lowest BCUT2D eigenvalue weighted by molar-refractivity contribution is -0.138. The summed E-state index contributed by atoms with van der Waals surface area (Å²) in [5.41, 5.74) is 0.0946. The second kappa shape index (κ2) is 5.21. The van der Waals surface area contributed by atoms with Crippen LogP contribution in [0, 0.1) is 5.92 Å². The van der Waals surface area contributed by atoms with Gasteiger partial charge < -0.3 is 10.4 Å². The maximum Gasteiger partial charge on any atom is 0.416 e. The summed E-state index contributed by atoms with van der Waals surface area (Å²) >= 11 is 0. The van der Waals surface area contributed by atoms with Crippen molar-refractivity contribution in [1.82, 2.24) is 5.32 Å². The highest BCUT2D eigenvalue weighted by Crippen LogP contribution is 2.32. The van der Waals surface area contributed by atoms with Crippen molar-refractivity contribution in [3.63, 3.8) is 0 Å². The van der Waals surface area contributed by atoms with Crippen molar-refractivity contribution in [2.24, 2.45) is 5.92 Å². The molecule has 0 amide bonds. The number of benzene rings is 1. The van der Waals surface area contributed by atoms with Crippen LogP contribution in [-0.2, 0) is 11.0 Å². The number of halogens is 3. The molecular weight excluding hydrogens is 259 g/mol. The molecule has 1 saturated heterocycles. The second-order valence-electron chi connectivity index (χ2n) is 4.78. The molecule has 6 heteroatoms. The van der Waals surface area contributed by atoms with E-state index in [1.165, 1.54) is 12.1 Å². The van der Waals surface area contributed by atoms with Crippen molar-refractivity contribution in [3.05, 3.63) is 35.4 Å². The summed E-state index contributed by atoms with van der Waals surface area (Å²) in [5.74, 6) is -0.815. The maximum absolute atomic E-state index is 12.4. The molecule has 0 spiro atoms. The molecule has 1 fully saturated rings. The zero-order chi connectivity index (χ0) is 14.0. The third kappa shape index (κ3) is 3.47. The van der Waals surface area contributed by atoms with Gasteiger partial charge >= 0.3 is 12.1 Å². The number of alkyl halides is 3. The summed E-state index contributed by atoms with van der Waals surface area (Å²) in [6, 6.07) is 4.95. The summed E-state index contributed by atoms with van der Waals surface area (Å²) in [4.78, 5) is 10.6. The largest absolute Gasteiger partial charge is 0.481 e. The number of rotatable bonds is 3. The van der Waals surface area contributed by atoms with Crippen LogP contribution in [0.25, 0.3) is 0 Å². The normalized spacial score (nSPS) is 23.5. The maximum atomic E-state index is 12.4. The summed E-state index contributed by atoms with van der Waals surface area (Å²) in [7, 11) is 0. The lowest BCUT2D eigenvalue weighted by Crippen LogP contribution is -2.15. The van der Waals surface area contributed by atoms with Crippen molar-refractivity contribution in [2.75, 3.05) is 6.54 Å². The molecule has 2 atom stereocenters. The van der Waals surface area contributed by atoms with Crippen LogP contribution in [0.2, 0.25) is 0 Å². The molecule has 0 aromatic heterocycles. The molecule has 1 heterocycles. The summed E-state index contributed by atoms with van der Waals surface area (Å²) in [6.07, 6.45) is -3.60. The van der Waals surface area contributed by atoms with Crippen molar-refractivity contribution < 1.29 is 23.1 Å². The molecule has 1 aliphatic heterocycles. The molecule has 19 heavy (non-hydrogen) atoms. The first kappa shape index (κ1) is 13.9. The van der Waals surface area contributed by atoms with Crippen LogP contribution >= 0.6 is 0 Å². The van der Waals surface area contributed by atoms with Crippen LogP contribution < -0.4 is 5.32 Å². The predicted molar refractivity (Wildman–Crippen MR) is 62.5 cm³/mol. The zero-order valence-electron chi connectivity index (χ0n) is 10.1. The van der Waals surface area contributed by atoms with Crippen LogP contribution in [0.5, 0.6) is 0 Å². The third-order valence-corrected chi connectivity index (χ3v) is 3.33. The Hall–Kier alpha value is -1.56. The van der Waals surface area contributed by atoms with E-state index in [0.29, 0.717) is 13.0 Å². The van der Waals surface area contributed by atoms with Gasteiger partial charge in [0, 0.05) is 12.5 Å². The van der Waals surface area contributed by atoms with Gasteiger partial charge in [0.1, 0.15) is 0 Å². The quantitative estimate of drug-likeness (QED) is 0.890. The number of carbonyl (C=O) groups is 1. The van der Waals surface area contributed by atoms with Crippen molar-refractivity contribution in [1.29, 1.82) is 0 Å². The van der Waals surface area contributed by atoms with Gasteiger partial charge in [-0.3, -0.25) is 4.79 Å². The highest BCUT2D eigenvalue weighted by molar-refractivity contribution is 5.67. The van der Waals surface area contributed by atoms with E-state index in [4.69, 9.17) is 5.11 Å². The highest BCUT2D eigenvalue weighted by atomic mass is 19.4. The number of carboxylic acids is 1. The minimum atomic E-state index is -4.33. The molecule has 0 radical (unpaired) electrons. The van der Waals surface area contributed by atoms with Crippen molar-refractivity contribution in [3.8, 4) is 0 Å². The standard InChI is InChI=1S/C13H14F3NO2/c14-13(15,16)10-3-1-9(2-4-10)11-5-8(7-17-11)6-12(18)19/h1-4,8,11,17H,5-7H2,(H,18,19)/t8-,11+/m0/s1. The first-order valence-corrected chi connectivity index (χ1v) is 5.98. The third-order valence-electron chi connectivity index (χ3n) is 3.33. The number of hydrogen-bond acceptors (Lipinski definition) is 2. The minimum absolute atomic E-state index is 0.0322. The first-order chi connectivity index (χ1) is 8.86. The van der Waals surface area contributed by atoms with Crippen molar-refractivity contribution >= 4 is 5.97 Å². The van der Waals surface area contributed by atoms with Crippen LogP contribution in [0.1, 0.15) is 30.0 Å². The Morgan fingerprint density at radius 1 is 1.32 bits per heavy atom. The SMILES string of the molecule is O=C(O)C[C@H]1CN[C@@H](c2ccc(C(F)(F)F)cc2)C1. The van der Waals surface area contributed by atoms with Gasteiger partial charge in [-0.05, 0) is 36.6 Å². The summed E-state index contributed by atoms with van der Waals surface area (Å²) in [5, 5.41) is 11.8. The molecule has 104 valence electrons. The van der Waals surface area contributed by atoms with Gasteiger partial charge in [-0.15, -0.1) is 0 Å². The lowest BCUT2D eigenvalue weighted by atomic mass is 9.97. The first-order valence-electron chi connectivity index (χ1n) is 5.98.